The van der Waals surface area contributed by atoms with Gasteiger partial charge in [0.05, 0.1) is 5.52 Å². The lowest BCUT2D eigenvalue weighted by Crippen LogP contribution is -2.00. The zero-order valence-corrected chi connectivity index (χ0v) is 11.9. The van der Waals surface area contributed by atoms with E-state index in [1.165, 1.54) is 11.1 Å². The van der Waals surface area contributed by atoms with Gasteiger partial charge < -0.3 is 5.32 Å². The Kier molecular flexibility index (Phi) is 3.11. The van der Waals surface area contributed by atoms with Crippen LogP contribution in [0.1, 0.15) is 11.1 Å². The lowest BCUT2D eigenvalue weighted by atomic mass is 10.1. The van der Waals surface area contributed by atoms with Gasteiger partial charge in [0.2, 0.25) is 0 Å². The van der Waals surface area contributed by atoms with Gasteiger partial charge in [-0.25, -0.2) is 9.97 Å². The summed E-state index contributed by atoms with van der Waals surface area (Å²) in [6.07, 6.45) is 0. The summed E-state index contributed by atoms with van der Waals surface area (Å²) in [5.74, 6) is 1.65. The lowest BCUT2D eigenvalue weighted by Gasteiger charge is -2.11. The van der Waals surface area contributed by atoms with Gasteiger partial charge in [0.15, 0.2) is 5.82 Å². The molecule has 0 radical (unpaired) electrons. The molecule has 3 rings (SSSR count). The maximum Gasteiger partial charge on any atom is 0.162 e. The average Bonchev–Trinajstić information content (AvgIpc) is 2.47. The third-order valence-corrected chi connectivity index (χ3v) is 3.55. The Morgan fingerprint density at radius 3 is 2.35 bits per heavy atom. The van der Waals surface area contributed by atoms with E-state index in [4.69, 9.17) is 4.98 Å². The number of hydrogen-bond donors (Lipinski definition) is 1. The molecule has 1 N–H and O–H groups in total. The minimum atomic E-state index is 0.769. The average molecular weight is 263 g/mol. The summed E-state index contributed by atoms with van der Waals surface area (Å²) in [7, 11) is 1.90. The second-order valence-electron chi connectivity index (χ2n) is 4.93. The van der Waals surface area contributed by atoms with Crippen molar-refractivity contribution in [3.8, 4) is 11.4 Å². The van der Waals surface area contributed by atoms with Crippen LogP contribution in [0.2, 0.25) is 0 Å². The number of fused-ring (bicyclic) bond motifs is 1. The molecule has 0 aliphatic carbocycles. The Labute approximate surface area is 118 Å². The minimum Gasteiger partial charge on any atom is -0.373 e. The van der Waals surface area contributed by atoms with Crippen molar-refractivity contribution >= 4 is 16.7 Å². The van der Waals surface area contributed by atoms with E-state index < -0.39 is 0 Å². The third kappa shape index (κ3) is 2.01. The molecule has 0 amide bonds. The van der Waals surface area contributed by atoms with Crippen LogP contribution in [0.3, 0.4) is 0 Å². The monoisotopic (exact) mass is 263 g/mol. The summed E-state index contributed by atoms with van der Waals surface area (Å²) in [5, 5.41) is 4.28. The van der Waals surface area contributed by atoms with Crippen molar-refractivity contribution < 1.29 is 0 Å². The number of aryl methyl sites for hydroxylation is 2. The molecular formula is C17H17N3. The van der Waals surface area contributed by atoms with E-state index in [2.05, 4.69) is 42.3 Å². The smallest absolute Gasteiger partial charge is 0.162 e. The first-order valence-electron chi connectivity index (χ1n) is 6.72. The van der Waals surface area contributed by atoms with Crippen LogP contribution in [0.15, 0.2) is 42.5 Å². The highest BCUT2D eigenvalue weighted by Gasteiger charge is 2.11. The van der Waals surface area contributed by atoms with Crippen molar-refractivity contribution in [2.75, 3.05) is 12.4 Å². The van der Waals surface area contributed by atoms with E-state index in [0.717, 1.165) is 28.1 Å². The van der Waals surface area contributed by atoms with Crippen LogP contribution < -0.4 is 5.32 Å². The maximum atomic E-state index is 4.72. The van der Waals surface area contributed by atoms with E-state index >= 15 is 0 Å². The second kappa shape index (κ2) is 4.93. The molecule has 0 unspecified atom stereocenters. The van der Waals surface area contributed by atoms with Gasteiger partial charge in [-0.15, -0.1) is 0 Å². The number of aromatic nitrogens is 2. The molecule has 0 fully saturated rings. The first-order valence-corrected chi connectivity index (χ1v) is 6.72. The van der Waals surface area contributed by atoms with Crippen molar-refractivity contribution in [3.05, 3.63) is 53.6 Å². The summed E-state index contributed by atoms with van der Waals surface area (Å²) in [6, 6.07) is 14.3. The zero-order chi connectivity index (χ0) is 14.1. The number of nitrogens with one attached hydrogen (secondary N) is 1. The predicted molar refractivity (Wildman–Crippen MR) is 84.0 cm³/mol. The highest BCUT2D eigenvalue weighted by Crippen LogP contribution is 2.28. The molecule has 0 aliphatic heterocycles. The highest BCUT2D eigenvalue weighted by molar-refractivity contribution is 5.93. The van der Waals surface area contributed by atoms with E-state index in [1.54, 1.807) is 0 Å². The van der Waals surface area contributed by atoms with Gasteiger partial charge >= 0.3 is 0 Å². The quantitative estimate of drug-likeness (QED) is 0.760. The molecule has 3 aromatic rings. The van der Waals surface area contributed by atoms with Crippen LogP contribution in [0.25, 0.3) is 22.3 Å². The van der Waals surface area contributed by atoms with Crippen LogP contribution in [0.4, 0.5) is 5.82 Å². The van der Waals surface area contributed by atoms with Crippen molar-refractivity contribution in [2.45, 2.75) is 13.8 Å². The molecule has 3 nitrogen and oxygen atoms in total. The van der Waals surface area contributed by atoms with Gasteiger partial charge in [-0.3, -0.25) is 0 Å². The van der Waals surface area contributed by atoms with Gasteiger partial charge in [-0.1, -0.05) is 36.4 Å². The standard InChI is InChI=1S/C17H17N3/c1-11-7-4-5-9-13(11)16-19-14-10-6-8-12(2)15(14)17(18-3)20-16/h4-10H,1-3H3,(H,18,19,20). The predicted octanol–water partition coefficient (Wildman–Crippen LogP) is 3.96. The summed E-state index contributed by atoms with van der Waals surface area (Å²) in [5.41, 5.74) is 4.42. The molecule has 1 heterocycles. The van der Waals surface area contributed by atoms with Crippen LogP contribution in [0.5, 0.6) is 0 Å². The lowest BCUT2D eigenvalue weighted by molar-refractivity contribution is 1.20. The molecular weight excluding hydrogens is 246 g/mol. The van der Waals surface area contributed by atoms with Crippen LogP contribution in [0, 0.1) is 13.8 Å². The summed E-state index contributed by atoms with van der Waals surface area (Å²) >= 11 is 0. The molecule has 3 heteroatoms. The van der Waals surface area contributed by atoms with Gasteiger partial charge in [0, 0.05) is 18.0 Å². The minimum absolute atomic E-state index is 0.769. The van der Waals surface area contributed by atoms with E-state index in [9.17, 15) is 0 Å². The Hall–Kier alpha value is -2.42. The van der Waals surface area contributed by atoms with E-state index in [1.807, 2.05) is 31.3 Å². The Morgan fingerprint density at radius 1 is 0.850 bits per heavy atom. The van der Waals surface area contributed by atoms with Crippen LogP contribution in [-0.2, 0) is 0 Å². The molecule has 1 aromatic heterocycles. The summed E-state index contributed by atoms with van der Waals surface area (Å²) < 4.78 is 0. The van der Waals surface area contributed by atoms with Crippen molar-refractivity contribution in [2.24, 2.45) is 0 Å². The molecule has 0 spiro atoms. The first-order chi connectivity index (χ1) is 9.70. The Morgan fingerprint density at radius 2 is 1.60 bits per heavy atom. The molecule has 2 aromatic carbocycles. The molecule has 20 heavy (non-hydrogen) atoms. The van der Waals surface area contributed by atoms with Crippen LogP contribution >= 0.6 is 0 Å². The van der Waals surface area contributed by atoms with E-state index in [-0.39, 0.29) is 0 Å². The number of nitrogens with zero attached hydrogens (tertiary/aromatic N) is 2. The van der Waals surface area contributed by atoms with Crippen molar-refractivity contribution in [1.29, 1.82) is 0 Å². The number of anilines is 1. The van der Waals surface area contributed by atoms with E-state index in [0.29, 0.717) is 0 Å². The Balaban J connectivity index is 2.32. The third-order valence-electron chi connectivity index (χ3n) is 3.55. The van der Waals surface area contributed by atoms with Crippen molar-refractivity contribution in [1.82, 2.24) is 9.97 Å². The molecule has 0 saturated heterocycles. The fourth-order valence-electron chi connectivity index (χ4n) is 2.48. The number of hydrogen-bond acceptors (Lipinski definition) is 3. The van der Waals surface area contributed by atoms with Gasteiger partial charge in [0.25, 0.3) is 0 Å². The van der Waals surface area contributed by atoms with Crippen molar-refractivity contribution in [3.63, 3.8) is 0 Å². The number of benzene rings is 2. The van der Waals surface area contributed by atoms with Gasteiger partial charge in [-0.05, 0) is 31.0 Å². The molecule has 0 bridgehead atoms. The molecule has 0 saturated carbocycles. The summed E-state index contributed by atoms with van der Waals surface area (Å²) in [4.78, 5) is 9.41. The van der Waals surface area contributed by atoms with Gasteiger partial charge in [-0.2, -0.15) is 0 Å². The molecule has 0 aliphatic rings. The normalized spacial score (nSPS) is 10.8. The van der Waals surface area contributed by atoms with Crippen LogP contribution in [-0.4, -0.2) is 17.0 Å². The fourth-order valence-corrected chi connectivity index (χ4v) is 2.48. The number of rotatable bonds is 2. The van der Waals surface area contributed by atoms with Gasteiger partial charge in [0.1, 0.15) is 5.82 Å². The Bertz CT molecular complexity index is 778. The second-order valence-corrected chi connectivity index (χ2v) is 4.93. The zero-order valence-electron chi connectivity index (χ0n) is 11.9. The fraction of sp³-hybridized carbons (Fsp3) is 0.176. The summed E-state index contributed by atoms with van der Waals surface area (Å²) in [6.45, 7) is 4.16. The first kappa shape index (κ1) is 12.6. The topological polar surface area (TPSA) is 37.8 Å². The maximum absolute atomic E-state index is 4.72. The SMILES string of the molecule is CNc1nc(-c2ccccc2C)nc2cccc(C)c12. The molecule has 0 atom stereocenters. The largest absolute Gasteiger partial charge is 0.373 e. The highest BCUT2D eigenvalue weighted by atomic mass is 15.0. The molecule has 100 valence electrons.